The van der Waals surface area contributed by atoms with Crippen molar-refractivity contribution in [3.8, 4) is 11.4 Å². The van der Waals surface area contributed by atoms with Crippen LogP contribution in [0.3, 0.4) is 0 Å². The Hall–Kier alpha value is -1.55. The first-order valence-electron chi connectivity index (χ1n) is 5.56. The molecule has 0 amide bonds. The van der Waals surface area contributed by atoms with Gasteiger partial charge in [-0.2, -0.15) is 0 Å². The summed E-state index contributed by atoms with van der Waals surface area (Å²) in [6, 6.07) is 7.66. The van der Waals surface area contributed by atoms with E-state index in [9.17, 15) is 4.79 Å². The van der Waals surface area contributed by atoms with Gasteiger partial charge in [-0.3, -0.25) is 4.79 Å². The van der Waals surface area contributed by atoms with Crippen LogP contribution in [0, 0.1) is 13.8 Å². The van der Waals surface area contributed by atoms with Crippen molar-refractivity contribution >= 4 is 22.2 Å². The highest BCUT2D eigenvalue weighted by atomic mass is 79.9. The van der Waals surface area contributed by atoms with Crippen LogP contribution in [0.15, 0.2) is 28.7 Å². The highest BCUT2D eigenvalue weighted by Gasteiger charge is 2.13. The molecular weight excluding hydrogens is 294 g/mol. The molecule has 0 saturated heterocycles. The van der Waals surface area contributed by atoms with E-state index in [1.807, 2.05) is 42.7 Å². The third kappa shape index (κ3) is 2.08. The third-order valence-electron chi connectivity index (χ3n) is 2.99. The second-order valence-corrected chi connectivity index (χ2v) is 4.95. The maximum absolute atomic E-state index is 11.0. The van der Waals surface area contributed by atoms with Gasteiger partial charge in [0.25, 0.3) is 0 Å². The Morgan fingerprint density at radius 1 is 1.28 bits per heavy atom. The predicted octanol–water partition coefficient (Wildman–Crippen LogP) is 3.68. The lowest BCUT2D eigenvalue weighted by atomic mass is 10.2. The van der Waals surface area contributed by atoms with Gasteiger partial charge in [0.15, 0.2) is 6.29 Å². The summed E-state index contributed by atoms with van der Waals surface area (Å²) < 4.78 is 8.24. The van der Waals surface area contributed by atoms with Crippen LogP contribution in [0.5, 0.6) is 5.75 Å². The molecule has 0 atom stereocenters. The zero-order valence-corrected chi connectivity index (χ0v) is 12.1. The van der Waals surface area contributed by atoms with Crippen LogP contribution < -0.4 is 4.74 Å². The van der Waals surface area contributed by atoms with E-state index in [1.165, 1.54) is 0 Å². The van der Waals surface area contributed by atoms with E-state index in [0.717, 1.165) is 33.6 Å². The molecule has 2 rings (SSSR count). The number of carbonyl (C=O) groups is 1. The summed E-state index contributed by atoms with van der Waals surface area (Å²) >= 11 is 3.53. The van der Waals surface area contributed by atoms with Gasteiger partial charge in [-0.15, -0.1) is 0 Å². The van der Waals surface area contributed by atoms with Gasteiger partial charge >= 0.3 is 0 Å². The van der Waals surface area contributed by atoms with Gasteiger partial charge in [0.05, 0.1) is 12.8 Å². The molecule has 0 aliphatic rings. The van der Waals surface area contributed by atoms with Crippen molar-refractivity contribution in [3.05, 3.63) is 45.7 Å². The second kappa shape index (κ2) is 4.98. The summed E-state index contributed by atoms with van der Waals surface area (Å²) in [6.07, 6.45) is 0.882. The maximum atomic E-state index is 11.0. The largest absolute Gasteiger partial charge is 0.497 e. The summed E-state index contributed by atoms with van der Waals surface area (Å²) in [5.41, 5.74) is 3.62. The molecule has 1 heterocycles. The smallest absolute Gasteiger partial charge is 0.151 e. The predicted molar refractivity (Wildman–Crippen MR) is 74.9 cm³/mol. The van der Waals surface area contributed by atoms with E-state index in [1.54, 1.807) is 7.11 Å². The highest BCUT2D eigenvalue weighted by Crippen LogP contribution is 2.29. The van der Waals surface area contributed by atoms with Crippen molar-refractivity contribution in [2.45, 2.75) is 13.8 Å². The number of carbonyl (C=O) groups excluding carboxylic acids is 1. The molecule has 2 aromatic rings. The summed E-state index contributed by atoms with van der Waals surface area (Å²) in [6.45, 7) is 3.91. The number of nitrogens with zero attached hydrogens (tertiary/aromatic N) is 1. The monoisotopic (exact) mass is 307 g/mol. The molecule has 0 saturated carbocycles. The van der Waals surface area contributed by atoms with Crippen LogP contribution in [0.1, 0.15) is 21.7 Å². The van der Waals surface area contributed by atoms with Gasteiger partial charge in [0, 0.05) is 27.5 Å². The molecule has 0 spiro atoms. The minimum atomic E-state index is 0.710. The quantitative estimate of drug-likeness (QED) is 0.810. The molecule has 0 bridgehead atoms. The molecule has 0 aliphatic heterocycles. The SMILES string of the molecule is COc1ccc(Br)c(-n2c(C)cc(C=O)c2C)c1. The van der Waals surface area contributed by atoms with Crippen LogP contribution in [0.25, 0.3) is 5.69 Å². The van der Waals surface area contributed by atoms with E-state index in [0.29, 0.717) is 5.56 Å². The van der Waals surface area contributed by atoms with Crippen molar-refractivity contribution in [1.82, 2.24) is 4.57 Å². The van der Waals surface area contributed by atoms with Crippen LogP contribution >= 0.6 is 15.9 Å². The van der Waals surface area contributed by atoms with Gasteiger partial charge in [0.1, 0.15) is 5.75 Å². The number of benzene rings is 1. The molecule has 0 unspecified atom stereocenters. The number of aromatic nitrogens is 1. The number of hydrogen-bond donors (Lipinski definition) is 0. The molecule has 1 aromatic heterocycles. The first kappa shape index (κ1) is 12.9. The molecule has 0 radical (unpaired) electrons. The topological polar surface area (TPSA) is 31.2 Å². The number of rotatable bonds is 3. The Morgan fingerprint density at radius 2 is 2.00 bits per heavy atom. The molecule has 3 nitrogen and oxygen atoms in total. The second-order valence-electron chi connectivity index (χ2n) is 4.10. The number of halogens is 1. The minimum Gasteiger partial charge on any atom is -0.497 e. The Labute approximate surface area is 115 Å². The Bertz CT molecular complexity index is 602. The lowest BCUT2D eigenvalue weighted by Gasteiger charge is -2.13. The van der Waals surface area contributed by atoms with Crippen LogP contribution in [0.2, 0.25) is 0 Å². The number of ether oxygens (including phenoxy) is 1. The number of aldehydes is 1. The fraction of sp³-hybridized carbons (Fsp3) is 0.214. The summed E-state index contributed by atoms with van der Waals surface area (Å²) in [5, 5.41) is 0. The molecule has 18 heavy (non-hydrogen) atoms. The number of hydrogen-bond acceptors (Lipinski definition) is 2. The van der Waals surface area contributed by atoms with Gasteiger partial charge in [-0.05, 0) is 48.0 Å². The highest BCUT2D eigenvalue weighted by molar-refractivity contribution is 9.10. The first-order chi connectivity index (χ1) is 8.58. The zero-order chi connectivity index (χ0) is 13.3. The van der Waals surface area contributed by atoms with Crippen molar-refractivity contribution < 1.29 is 9.53 Å². The molecule has 0 aliphatic carbocycles. The van der Waals surface area contributed by atoms with Crippen LogP contribution in [-0.2, 0) is 0 Å². The fourth-order valence-corrected chi connectivity index (χ4v) is 2.49. The molecule has 4 heteroatoms. The number of methoxy groups -OCH3 is 1. The summed E-state index contributed by atoms with van der Waals surface area (Å²) in [7, 11) is 1.64. The van der Waals surface area contributed by atoms with Crippen molar-refractivity contribution in [1.29, 1.82) is 0 Å². The van der Waals surface area contributed by atoms with Crippen molar-refractivity contribution in [3.63, 3.8) is 0 Å². The third-order valence-corrected chi connectivity index (χ3v) is 3.66. The Morgan fingerprint density at radius 3 is 2.56 bits per heavy atom. The molecule has 94 valence electrons. The van der Waals surface area contributed by atoms with E-state index >= 15 is 0 Å². The Balaban J connectivity index is 2.68. The van der Waals surface area contributed by atoms with E-state index in [4.69, 9.17) is 4.74 Å². The minimum absolute atomic E-state index is 0.710. The fourth-order valence-electron chi connectivity index (χ4n) is 2.07. The normalized spacial score (nSPS) is 10.4. The molecule has 1 aromatic carbocycles. The first-order valence-corrected chi connectivity index (χ1v) is 6.35. The summed E-state index contributed by atoms with van der Waals surface area (Å²) in [4.78, 5) is 11.0. The van der Waals surface area contributed by atoms with E-state index < -0.39 is 0 Å². The molecular formula is C14H14BrNO2. The van der Waals surface area contributed by atoms with Crippen LogP contribution in [0.4, 0.5) is 0 Å². The van der Waals surface area contributed by atoms with E-state index in [-0.39, 0.29) is 0 Å². The van der Waals surface area contributed by atoms with Gasteiger partial charge in [0.2, 0.25) is 0 Å². The van der Waals surface area contributed by atoms with Gasteiger partial charge < -0.3 is 9.30 Å². The zero-order valence-electron chi connectivity index (χ0n) is 10.5. The lowest BCUT2D eigenvalue weighted by Crippen LogP contribution is -2.01. The standard InChI is InChI=1S/C14H14BrNO2/c1-9-6-11(8-17)10(2)16(9)14-7-12(18-3)4-5-13(14)15/h4-8H,1-3H3. The lowest BCUT2D eigenvalue weighted by molar-refractivity contribution is 0.112. The van der Waals surface area contributed by atoms with Gasteiger partial charge in [-0.1, -0.05) is 0 Å². The van der Waals surface area contributed by atoms with Crippen molar-refractivity contribution in [2.24, 2.45) is 0 Å². The average Bonchev–Trinajstić information content (AvgIpc) is 2.65. The van der Waals surface area contributed by atoms with Crippen molar-refractivity contribution in [2.75, 3.05) is 7.11 Å². The number of aryl methyl sites for hydroxylation is 1. The van der Waals surface area contributed by atoms with Crippen LogP contribution in [-0.4, -0.2) is 18.0 Å². The van der Waals surface area contributed by atoms with Gasteiger partial charge in [-0.25, -0.2) is 0 Å². The maximum Gasteiger partial charge on any atom is 0.151 e. The molecule has 0 N–H and O–H groups in total. The average molecular weight is 308 g/mol. The summed E-state index contributed by atoms with van der Waals surface area (Å²) in [5.74, 6) is 0.786. The van der Waals surface area contributed by atoms with E-state index in [2.05, 4.69) is 15.9 Å². The molecule has 0 fully saturated rings. The Kier molecular flexibility index (Phi) is 3.57.